The van der Waals surface area contributed by atoms with Gasteiger partial charge in [0.15, 0.2) is 0 Å². The Morgan fingerprint density at radius 3 is 3.00 bits per heavy atom. The normalized spacial score (nSPS) is 10.9. The molecule has 2 rings (SSSR count). The van der Waals surface area contributed by atoms with Gasteiger partial charge >= 0.3 is 5.97 Å². The summed E-state index contributed by atoms with van der Waals surface area (Å²) in [5.74, 6) is 0.730. The van der Waals surface area contributed by atoms with Gasteiger partial charge in [-0.3, -0.25) is 9.69 Å². The van der Waals surface area contributed by atoms with Crippen molar-refractivity contribution >= 4 is 17.3 Å². The first-order valence-corrected chi connectivity index (χ1v) is 6.76. The molecule has 2 heterocycles. The average molecular weight is 281 g/mol. The van der Waals surface area contributed by atoms with Gasteiger partial charge in [0, 0.05) is 0 Å². The first kappa shape index (κ1) is 13.7. The SMILES string of the molecule is CCN(CC(=O)OC)Cc1nnc(-c2cccs2)o1. The number of likely N-dealkylation sites (N-methyl/N-ethyl adjacent to an activating group) is 1. The number of esters is 1. The Bertz CT molecular complexity index is 524. The van der Waals surface area contributed by atoms with Crippen molar-refractivity contribution in [2.75, 3.05) is 20.2 Å². The molecule has 6 nitrogen and oxygen atoms in total. The van der Waals surface area contributed by atoms with E-state index in [4.69, 9.17) is 4.42 Å². The molecule has 0 amide bonds. The molecule has 0 saturated heterocycles. The Balaban J connectivity index is 2.00. The van der Waals surface area contributed by atoms with Crippen LogP contribution in [0, 0.1) is 0 Å². The lowest BCUT2D eigenvalue weighted by Gasteiger charge is -2.15. The summed E-state index contributed by atoms with van der Waals surface area (Å²) in [6.07, 6.45) is 0. The lowest BCUT2D eigenvalue weighted by atomic mass is 10.4. The van der Waals surface area contributed by atoms with Crippen molar-refractivity contribution in [3.05, 3.63) is 23.4 Å². The van der Waals surface area contributed by atoms with E-state index in [2.05, 4.69) is 14.9 Å². The number of carbonyl (C=O) groups is 1. The third kappa shape index (κ3) is 3.62. The van der Waals surface area contributed by atoms with E-state index in [1.54, 1.807) is 11.3 Å². The third-order valence-corrected chi connectivity index (χ3v) is 3.44. The molecule has 0 aliphatic carbocycles. The standard InChI is InChI=1S/C12H15N3O3S/c1-3-15(8-11(16)17-2)7-10-13-14-12(18-10)9-5-4-6-19-9/h4-6H,3,7-8H2,1-2H3. The third-order valence-electron chi connectivity index (χ3n) is 2.59. The Labute approximate surface area is 115 Å². The van der Waals surface area contributed by atoms with Crippen molar-refractivity contribution in [3.63, 3.8) is 0 Å². The maximum Gasteiger partial charge on any atom is 0.319 e. The summed E-state index contributed by atoms with van der Waals surface area (Å²) in [5.41, 5.74) is 0. The van der Waals surface area contributed by atoms with Crippen molar-refractivity contribution in [3.8, 4) is 10.8 Å². The minimum absolute atomic E-state index is 0.212. The highest BCUT2D eigenvalue weighted by atomic mass is 32.1. The number of thiophene rings is 1. The molecule has 0 spiro atoms. The van der Waals surface area contributed by atoms with Crippen LogP contribution in [0.1, 0.15) is 12.8 Å². The number of aromatic nitrogens is 2. The highest BCUT2D eigenvalue weighted by Gasteiger charge is 2.15. The molecule has 0 fully saturated rings. The molecular weight excluding hydrogens is 266 g/mol. The zero-order valence-corrected chi connectivity index (χ0v) is 11.6. The summed E-state index contributed by atoms with van der Waals surface area (Å²) in [4.78, 5) is 14.0. The van der Waals surface area contributed by atoms with Crippen molar-refractivity contribution < 1.29 is 13.9 Å². The van der Waals surface area contributed by atoms with Crippen molar-refractivity contribution in [2.24, 2.45) is 0 Å². The molecule has 0 aliphatic rings. The van der Waals surface area contributed by atoms with Crippen LogP contribution in [0.5, 0.6) is 0 Å². The summed E-state index contributed by atoms with van der Waals surface area (Å²) in [7, 11) is 1.37. The van der Waals surface area contributed by atoms with Gasteiger partial charge in [0.05, 0.1) is 25.1 Å². The number of nitrogens with zero attached hydrogens (tertiary/aromatic N) is 3. The fourth-order valence-electron chi connectivity index (χ4n) is 1.54. The van der Waals surface area contributed by atoms with Gasteiger partial charge in [-0.25, -0.2) is 0 Å². The topological polar surface area (TPSA) is 68.5 Å². The second-order valence-corrected chi connectivity index (χ2v) is 4.81. The molecule has 0 radical (unpaired) electrons. The molecule has 0 N–H and O–H groups in total. The Kier molecular flexibility index (Phi) is 4.64. The molecule has 2 aromatic heterocycles. The molecule has 0 bridgehead atoms. The summed E-state index contributed by atoms with van der Waals surface area (Å²) in [6.45, 7) is 3.30. The van der Waals surface area contributed by atoms with E-state index in [0.717, 1.165) is 4.88 Å². The first-order chi connectivity index (χ1) is 9.22. The van der Waals surface area contributed by atoms with Gasteiger partial charge in [0.2, 0.25) is 5.89 Å². The Morgan fingerprint density at radius 2 is 2.37 bits per heavy atom. The lowest BCUT2D eigenvalue weighted by Crippen LogP contribution is -2.30. The number of ether oxygens (including phenoxy) is 1. The average Bonchev–Trinajstić information content (AvgIpc) is 3.08. The van der Waals surface area contributed by atoms with Crippen molar-refractivity contribution in [1.82, 2.24) is 15.1 Å². The second kappa shape index (κ2) is 6.44. The molecule has 102 valence electrons. The van der Waals surface area contributed by atoms with Crippen LogP contribution in [0.15, 0.2) is 21.9 Å². The molecule has 7 heteroatoms. The largest absolute Gasteiger partial charge is 0.468 e. The van der Waals surface area contributed by atoms with E-state index >= 15 is 0 Å². The highest BCUT2D eigenvalue weighted by molar-refractivity contribution is 7.13. The van der Waals surface area contributed by atoms with E-state index < -0.39 is 0 Å². The molecule has 0 unspecified atom stereocenters. The zero-order valence-electron chi connectivity index (χ0n) is 10.8. The smallest absolute Gasteiger partial charge is 0.319 e. The number of carbonyl (C=O) groups excluding carboxylic acids is 1. The van der Waals surface area contributed by atoms with E-state index in [1.807, 2.05) is 29.3 Å². The minimum Gasteiger partial charge on any atom is -0.468 e. The van der Waals surface area contributed by atoms with E-state index in [9.17, 15) is 4.79 Å². The molecule has 0 aliphatic heterocycles. The molecular formula is C12H15N3O3S. The second-order valence-electron chi connectivity index (χ2n) is 3.86. The van der Waals surface area contributed by atoms with Gasteiger partial charge in [0.25, 0.3) is 5.89 Å². The van der Waals surface area contributed by atoms with Crippen LogP contribution in [-0.2, 0) is 16.1 Å². The molecule has 0 aromatic carbocycles. The van der Waals surface area contributed by atoms with Gasteiger partial charge in [0.1, 0.15) is 0 Å². The van der Waals surface area contributed by atoms with Crippen LogP contribution in [0.25, 0.3) is 10.8 Å². The summed E-state index contributed by atoms with van der Waals surface area (Å²) in [6, 6.07) is 3.85. The van der Waals surface area contributed by atoms with E-state index in [1.165, 1.54) is 7.11 Å². The van der Waals surface area contributed by atoms with Gasteiger partial charge < -0.3 is 9.15 Å². The van der Waals surface area contributed by atoms with Crippen molar-refractivity contribution in [2.45, 2.75) is 13.5 Å². The van der Waals surface area contributed by atoms with Crippen LogP contribution in [0.4, 0.5) is 0 Å². The van der Waals surface area contributed by atoms with Crippen LogP contribution < -0.4 is 0 Å². The van der Waals surface area contributed by atoms with E-state index in [-0.39, 0.29) is 12.5 Å². The number of hydrogen-bond acceptors (Lipinski definition) is 7. The number of methoxy groups -OCH3 is 1. The highest BCUT2D eigenvalue weighted by Crippen LogP contribution is 2.23. The fourth-order valence-corrected chi connectivity index (χ4v) is 2.18. The van der Waals surface area contributed by atoms with Crippen LogP contribution in [-0.4, -0.2) is 41.3 Å². The summed E-state index contributed by atoms with van der Waals surface area (Å²) < 4.78 is 10.2. The van der Waals surface area contributed by atoms with Gasteiger partial charge in [-0.15, -0.1) is 21.5 Å². The van der Waals surface area contributed by atoms with Crippen LogP contribution >= 0.6 is 11.3 Å². The maximum atomic E-state index is 11.2. The van der Waals surface area contributed by atoms with Crippen molar-refractivity contribution in [1.29, 1.82) is 0 Å². The molecule has 0 saturated carbocycles. The van der Waals surface area contributed by atoms with E-state index in [0.29, 0.717) is 24.9 Å². The fraction of sp³-hybridized carbons (Fsp3) is 0.417. The zero-order chi connectivity index (χ0) is 13.7. The van der Waals surface area contributed by atoms with Gasteiger partial charge in [-0.1, -0.05) is 13.0 Å². The minimum atomic E-state index is -0.278. The van der Waals surface area contributed by atoms with Gasteiger partial charge in [-0.2, -0.15) is 0 Å². The number of hydrogen-bond donors (Lipinski definition) is 0. The summed E-state index contributed by atoms with van der Waals surface area (Å²) in [5, 5.41) is 9.94. The first-order valence-electron chi connectivity index (χ1n) is 5.88. The summed E-state index contributed by atoms with van der Waals surface area (Å²) >= 11 is 1.54. The Hall–Kier alpha value is -1.73. The predicted molar refractivity (Wildman–Crippen MR) is 70.6 cm³/mol. The molecule has 19 heavy (non-hydrogen) atoms. The lowest BCUT2D eigenvalue weighted by molar-refractivity contribution is -0.142. The van der Waals surface area contributed by atoms with Gasteiger partial charge in [-0.05, 0) is 18.0 Å². The predicted octanol–water partition coefficient (Wildman–Crippen LogP) is 1.79. The van der Waals surface area contributed by atoms with Crippen LogP contribution in [0.2, 0.25) is 0 Å². The Morgan fingerprint density at radius 1 is 1.53 bits per heavy atom. The molecule has 2 aromatic rings. The quantitative estimate of drug-likeness (QED) is 0.752. The maximum absolute atomic E-state index is 11.2. The monoisotopic (exact) mass is 281 g/mol. The number of rotatable bonds is 6. The van der Waals surface area contributed by atoms with Crippen LogP contribution in [0.3, 0.4) is 0 Å². The molecule has 0 atom stereocenters.